The number of benzene rings is 1. The molecule has 0 unspecified atom stereocenters. The summed E-state index contributed by atoms with van der Waals surface area (Å²) in [5.41, 5.74) is 2.10. The standard InChI is InChI=1S/C20H20FN3O3/c21-16-6-4-14(5-7-16)12-24-9-8-22-19(24)3-1-2-17-10-15(20(26)27)11-18(13-25)23-17/h4-11,25H,1-3,12-13H2,(H,26,27). The fraction of sp³-hybridized carbons (Fsp3) is 0.250. The van der Waals surface area contributed by atoms with Crippen LogP contribution in [0.4, 0.5) is 4.39 Å². The van der Waals surface area contributed by atoms with Crippen molar-refractivity contribution in [2.24, 2.45) is 0 Å². The molecule has 3 rings (SSSR count). The van der Waals surface area contributed by atoms with Crippen LogP contribution in [0.25, 0.3) is 0 Å². The van der Waals surface area contributed by atoms with Crippen LogP contribution in [0.1, 0.15) is 39.6 Å². The lowest BCUT2D eigenvalue weighted by molar-refractivity contribution is 0.0696. The molecule has 0 saturated heterocycles. The number of carbonyl (C=O) groups is 1. The summed E-state index contributed by atoms with van der Waals surface area (Å²) in [5.74, 6) is -0.401. The number of hydrogen-bond donors (Lipinski definition) is 2. The zero-order valence-electron chi connectivity index (χ0n) is 14.7. The van der Waals surface area contributed by atoms with E-state index in [0.717, 1.165) is 17.8 Å². The minimum absolute atomic E-state index is 0.127. The molecule has 2 N–H and O–H groups in total. The maximum absolute atomic E-state index is 13.0. The van der Waals surface area contributed by atoms with Crippen LogP contribution in [0.15, 0.2) is 48.8 Å². The van der Waals surface area contributed by atoms with Crippen molar-refractivity contribution in [1.82, 2.24) is 14.5 Å². The fourth-order valence-electron chi connectivity index (χ4n) is 2.91. The zero-order valence-corrected chi connectivity index (χ0v) is 14.7. The van der Waals surface area contributed by atoms with Crippen LogP contribution in [0.3, 0.4) is 0 Å². The number of hydrogen-bond acceptors (Lipinski definition) is 4. The van der Waals surface area contributed by atoms with Gasteiger partial charge in [-0.3, -0.25) is 4.98 Å². The quantitative estimate of drug-likeness (QED) is 0.637. The van der Waals surface area contributed by atoms with Crippen LogP contribution in [0.2, 0.25) is 0 Å². The minimum atomic E-state index is -1.04. The van der Waals surface area contributed by atoms with E-state index in [4.69, 9.17) is 5.11 Å². The molecular weight excluding hydrogens is 349 g/mol. The molecule has 0 aliphatic heterocycles. The van der Waals surface area contributed by atoms with Gasteiger partial charge in [-0.2, -0.15) is 0 Å². The number of aromatic nitrogens is 3. The number of aliphatic hydroxyl groups is 1. The van der Waals surface area contributed by atoms with Crippen molar-refractivity contribution in [1.29, 1.82) is 0 Å². The molecule has 2 aromatic heterocycles. The minimum Gasteiger partial charge on any atom is -0.478 e. The van der Waals surface area contributed by atoms with Crippen molar-refractivity contribution in [2.75, 3.05) is 0 Å². The number of pyridine rings is 1. The third-order valence-corrected chi connectivity index (χ3v) is 4.24. The predicted molar refractivity (Wildman–Crippen MR) is 96.9 cm³/mol. The molecule has 3 aromatic rings. The second kappa shape index (κ2) is 8.55. The lowest BCUT2D eigenvalue weighted by Crippen LogP contribution is -2.07. The molecule has 1 aromatic carbocycles. The topological polar surface area (TPSA) is 88.2 Å². The summed E-state index contributed by atoms with van der Waals surface area (Å²) < 4.78 is 15.0. The van der Waals surface area contributed by atoms with E-state index in [-0.39, 0.29) is 18.0 Å². The second-order valence-electron chi connectivity index (χ2n) is 6.25. The number of carboxylic acid groups (broad SMARTS) is 1. The maximum Gasteiger partial charge on any atom is 0.335 e. The largest absolute Gasteiger partial charge is 0.478 e. The van der Waals surface area contributed by atoms with Gasteiger partial charge in [-0.1, -0.05) is 12.1 Å². The van der Waals surface area contributed by atoms with E-state index in [1.165, 1.54) is 24.3 Å². The highest BCUT2D eigenvalue weighted by atomic mass is 19.1. The first-order valence-electron chi connectivity index (χ1n) is 8.63. The van der Waals surface area contributed by atoms with Gasteiger partial charge in [0.15, 0.2) is 0 Å². The van der Waals surface area contributed by atoms with E-state index >= 15 is 0 Å². The van der Waals surface area contributed by atoms with E-state index in [0.29, 0.717) is 30.8 Å². The Hall–Kier alpha value is -3.06. The second-order valence-corrected chi connectivity index (χ2v) is 6.25. The number of aryl methyl sites for hydroxylation is 2. The number of aliphatic hydroxyl groups excluding tert-OH is 1. The number of rotatable bonds is 8. The molecule has 27 heavy (non-hydrogen) atoms. The molecule has 0 aliphatic carbocycles. The Labute approximate surface area is 156 Å². The smallest absolute Gasteiger partial charge is 0.335 e. The average Bonchev–Trinajstić information content (AvgIpc) is 3.10. The van der Waals surface area contributed by atoms with E-state index < -0.39 is 5.97 Å². The lowest BCUT2D eigenvalue weighted by Gasteiger charge is -2.09. The molecular formula is C20H20FN3O3. The molecule has 0 radical (unpaired) electrons. The van der Waals surface area contributed by atoms with Gasteiger partial charge in [0.1, 0.15) is 11.6 Å². The Morgan fingerprint density at radius 2 is 1.85 bits per heavy atom. The highest BCUT2D eigenvalue weighted by Crippen LogP contribution is 2.12. The molecule has 6 nitrogen and oxygen atoms in total. The molecule has 0 saturated carbocycles. The third kappa shape index (κ3) is 4.98. The van der Waals surface area contributed by atoms with Crippen LogP contribution in [-0.2, 0) is 26.0 Å². The fourth-order valence-corrected chi connectivity index (χ4v) is 2.91. The summed E-state index contributed by atoms with van der Waals surface area (Å²) in [7, 11) is 0. The van der Waals surface area contributed by atoms with Crippen LogP contribution < -0.4 is 0 Å². The first-order valence-corrected chi connectivity index (χ1v) is 8.63. The van der Waals surface area contributed by atoms with Crippen LogP contribution in [-0.4, -0.2) is 30.7 Å². The van der Waals surface area contributed by atoms with Crippen LogP contribution in [0, 0.1) is 5.82 Å². The monoisotopic (exact) mass is 369 g/mol. The molecule has 2 heterocycles. The van der Waals surface area contributed by atoms with Crippen molar-refractivity contribution < 1.29 is 19.4 Å². The number of halogens is 1. The van der Waals surface area contributed by atoms with Crippen molar-refractivity contribution in [3.05, 3.63) is 82.9 Å². The molecule has 0 atom stereocenters. The SMILES string of the molecule is O=C(O)c1cc(CO)nc(CCCc2nccn2Cc2ccc(F)cc2)c1. The predicted octanol–water partition coefficient (Wildman–Crippen LogP) is 2.83. The highest BCUT2D eigenvalue weighted by Gasteiger charge is 2.09. The van der Waals surface area contributed by atoms with E-state index in [1.54, 1.807) is 18.3 Å². The van der Waals surface area contributed by atoms with Gasteiger partial charge >= 0.3 is 5.97 Å². The first kappa shape index (κ1) is 18.7. The Morgan fingerprint density at radius 3 is 2.56 bits per heavy atom. The number of nitrogens with zero attached hydrogens (tertiary/aromatic N) is 3. The van der Waals surface area contributed by atoms with Gasteiger partial charge in [-0.15, -0.1) is 0 Å². The summed E-state index contributed by atoms with van der Waals surface area (Å²) in [4.78, 5) is 19.8. The van der Waals surface area contributed by atoms with Gasteiger partial charge in [0.2, 0.25) is 0 Å². The van der Waals surface area contributed by atoms with E-state index in [2.05, 4.69) is 9.97 Å². The summed E-state index contributed by atoms with van der Waals surface area (Å²) in [6, 6.07) is 9.28. The summed E-state index contributed by atoms with van der Waals surface area (Å²) in [5, 5.41) is 18.4. The molecule has 0 fully saturated rings. The average molecular weight is 369 g/mol. The summed E-state index contributed by atoms with van der Waals surface area (Å²) >= 11 is 0. The van der Waals surface area contributed by atoms with Crippen LogP contribution in [0.5, 0.6) is 0 Å². The summed E-state index contributed by atoms with van der Waals surface area (Å²) in [6.07, 6.45) is 5.62. The van der Waals surface area contributed by atoms with Gasteiger partial charge < -0.3 is 14.8 Å². The first-order chi connectivity index (χ1) is 13.0. The van der Waals surface area contributed by atoms with Crippen molar-refractivity contribution in [2.45, 2.75) is 32.4 Å². The molecule has 0 aliphatic rings. The van der Waals surface area contributed by atoms with Gasteiger partial charge in [-0.25, -0.2) is 14.2 Å². The van der Waals surface area contributed by atoms with Crippen molar-refractivity contribution >= 4 is 5.97 Å². The number of imidazole rings is 1. The molecule has 0 amide bonds. The number of aromatic carboxylic acids is 1. The Morgan fingerprint density at radius 1 is 1.11 bits per heavy atom. The maximum atomic E-state index is 13.0. The normalized spacial score (nSPS) is 10.9. The molecule has 0 bridgehead atoms. The van der Waals surface area contributed by atoms with Gasteiger partial charge in [0.05, 0.1) is 17.9 Å². The van der Waals surface area contributed by atoms with Gasteiger partial charge in [0.25, 0.3) is 0 Å². The van der Waals surface area contributed by atoms with Crippen LogP contribution >= 0.6 is 0 Å². The molecule has 0 spiro atoms. The Kier molecular flexibility index (Phi) is 5.93. The Balaban J connectivity index is 1.63. The van der Waals surface area contributed by atoms with E-state index in [9.17, 15) is 14.3 Å². The molecule has 140 valence electrons. The third-order valence-electron chi connectivity index (χ3n) is 4.24. The van der Waals surface area contributed by atoms with Gasteiger partial charge in [0, 0.05) is 31.1 Å². The Bertz CT molecular complexity index is 922. The highest BCUT2D eigenvalue weighted by molar-refractivity contribution is 5.87. The number of carboxylic acids is 1. The zero-order chi connectivity index (χ0) is 19.2. The van der Waals surface area contributed by atoms with Crippen molar-refractivity contribution in [3.8, 4) is 0 Å². The summed E-state index contributed by atoms with van der Waals surface area (Å²) in [6.45, 7) is 0.313. The van der Waals surface area contributed by atoms with E-state index in [1.807, 2.05) is 10.8 Å². The lowest BCUT2D eigenvalue weighted by atomic mass is 10.1. The van der Waals surface area contributed by atoms with Gasteiger partial charge in [-0.05, 0) is 42.7 Å². The van der Waals surface area contributed by atoms with Crippen molar-refractivity contribution in [3.63, 3.8) is 0 Å². The molecule has 7 heteroatoms.